The molecule has 0 radical (unpaired) electrons. The van der Waals surface area contributed by atoms with Crippen LogP contribution in [0.15, 0.2) is 24.3 Å². The number of ether oxygens (including phenoxy) is 1. The van der Waals surface area contributed by atoms with Crippen molar-refractivity contribution in [3.8, 4) is 12.3 Å². The van der Waals surface area contributed by atoms with E-state index in [4.69, 9.17) is 6.42 Å². The van der Waals surface area contributed by atoms with Crippen molar-refractivity contribution in [2.24, 2.45) is 0 Å². The maximum atomic E-state index is 11.2. The molecule has 3 nitrogen and oxygen atoms in total. The minimum atomic E-state index is -0.307. The van der Waals surface area contributed by atoms with E-state index in [1.807, 2.05) is 12.1 Å². The van der Waals surface area contributed by atoms with E-state index in [0.29, 0.717) is 5.56 Å². The summed E-state index contributed by atoms with van der Waals surface area (Å²) < 4.78 is 4.63. The first-order chi connectivity index (χ1) is 8.27. The predicted octanol–water partition coefficient (Wildman–Crippen LogP) is 1.98. The average molecular weight is 231 g/mol. The molecule has 0 bridgehead atoms. The minimum absolute atomic E-state index is 0.307. The van der Waals surface area contributed by atoms with E-state index in [1.54, 1.807) is 12.1 Å². The summed E-state index contributed by atoms with van der Waals surface area (Å²) in [4.78, 5) is 11.2. The Labute approximate surface area is 102 Å². The fourth-order valence-corrected chi connectivity index (χ4v) is 1.42. The molecule has 17 heavy (non-hydrogen) atoms. The number of terminal acetylenes is 1. The molecule has 0 aliphatic heterocycles. The molecular weight excluding hydrogens is 214 g/mol. The second-order valence-electron chi connectivity index (χ2n) is 3.67. The van der Waals surface area contributed by atoms with Gasteiger partial charge in [0.05, 0.1) is 12.7 Å². The lowest BCUT2D eigenvalue weighted by Crippen LogP contribution is -2.14. The van der Waals surface area contributed by atoms with Crippen LogP contribution < -0.4 is 5.32 Å². The molecule has 1 rings (SSSR count). The molecule has 1 N–H and O–H groups in total. The van der Waals surface area contributed by atoms with Crippen LogP contribution >= 0.6 is 0 Å². The molecule has 0 heterocycles. The van der Waals surface area contributed by atoms with Crippen LogP contribution in [0.5, 0.6) is 0 Å². The molecule has 0 fully saturated rings. The Kier molecular flexibility index (Phi) is 5.84. The quantitative estimate of drug-likeness (QED) is 0.462. The lowest BCUT2D eigenvalue weighted by Gasteiger charge is -2.04. The maximum Gasteiger partial charge on any atom is 0.337 e. The number of benzene rings is 1. The standard InChI is InChI=1S/C14H17NO2/c1-3-4-5-10-15-11-12-6-8-13(9-7-12)14(16)17-2/h1,6-9,15H,4-5,10-11H2,2H3. The molecule has 1 aromatic carbocycles. The molecule has 0 saturated heterocycles. The van der Waals surface area contributed by atoms with E-state index >= 15 is 0 Å². The van der Waals surface area contributed by atoms with Crippen molar-refractivity contribution in [3.05, 3.63) is 35.4 Å². The van der Waals surface area contributed by atoms with E-state index in [1.165, 1.54) is 7.11 Å². The Hall–Kier alpha value is -1.79. The van der Waals surface area contributed by atoms with Gasteiger partial charge in [-0.3, -0.25) is 0 Å². The molecule has 0 spiro atoms. The Morgan fingerprint density at radius 1 is 1.41 bits per heavy atom. The molecule has 0 atom stereocenters. The van der Waals surface area contributed by atoms with Crippen LogP contribution in [0.2, 0.25) is 0 Å². The Balaban J connectivity index is 2.36. The zero-order valence-corrected chi connectivity index (χ0v) is 10.0. The van der Waals surface area contributed by atoms with Gasteiger partial charge in [-0.1, -0.05) is 12.1 Å². The van der Waals surface area contributed by atoms with Crippen molar-refractivity contribution in [2.75, 3.05) is 13.7 Å². The number of esters is 1. The Bertz CT molecular complexity index is 390. The van der Waals surface area contributed by atoms with Gasteiger partial charge in [0.1, 0.15) is 0 Å². The summed E-state index contributed by atoms with van der Waals surface area (Å²) in [6.07, 6.45) is 6.94. The van der Waals surface area contributed by atoms with Crippen molar-refractivity contribution >= 4 is 5.97 Å². The first kappa shape index (κ1) is 13.3. The van der Waals surface area contributed by atoms with Crippen molar-refractivity contribution in [1.29, 1.82) is 0 Å². The molecule has 0 saturated carbocycles. The number of carbonyl (C=O) groups is 1. The van der Waals surface area contributed by atoms with E-state index in [2.05, 4.69) is 16.0 Å². The van der Waals surface area contributed by atoms with Crippen LogP contribution in [0.25, 0.3) is 0 Å². The third-order valence-corrected chi connectivity index (χ3v) is 2.38. The third kappa shape index (κ3) is 4.71. The summed E-state index contributed by atoms with van der Waals surface area (Å²) in [5, 5.41) is 3.29. The van der Waals surface area contributed by atoms with Gasteiger partial charge in [0.2, 0.25) is 0 Å². The molecule has 0 aliphatic rings. The summed E-state index contributed by atoms with van der Waals surface area (Å²) in [6, 6.07) is 7.37. The second kappa shape index (κ2) is 7.48. The van der Waals surface area contributed by atoms with Gasteiger partial charge in [0, 0.05) is 13.0 Å². The molecule has 90 valence electrons. The molecule has 1 aromatic rings. The smallest absolute Gasteiger partial charge is 0.337 e. The number of methoxy groups -OCH3 is 1. The minimum Gasteiger partial charge on any atom is -0.465 e. The summed E-state index contributed by atoms with van der Waals surface area (Å²) in [6.45, 7) is 1.69. The number of unbranched alkanes of at least 4 members (excludes halogenated alkanes) is 1. The third-order valence-electron chi connectivity index (χ3n) is 2.38. The van der Waals surface area contributed by atoms with Crippen LogP contribution in [0.1, 0.15) is 28.8 Å². The Morgan fingerprint density at radius 2 is 2.12 bits per heavy atom. The fraction of sp³-hybridized carbons (Fsp3) is 0.357. The zero-order valence-electron chi connectivity index (χ0n) is 10.0. The van der Waals surface area contributed by atoms with Gasteiger partial charge in [-0.05, 0) is 30.7 Å². The highest BCUT2D eigenvalue weighted by atomic mass is 16.5. The zero-order chi connectivity index (χ0) is 12.5. The lowest BCUT2D eigenvalue weighted by molar-refractivity contribution is 0.0600. The predicted molar refractivity (Wildman–Crippen MR) is 67.6 cm³/mol. The van der Waals surface area contributed by atoms with Gasteiger partial charge in [-0.2, -0.15) is 0 Å². The molecule has 0 aliphatic carbocycles. The number of hydrogen-bond acceptors (Lipinski definition) is 3. The SMILES string of the molecule is C#CCCCNCc1ccc(C(=O)OC)cc1. The average Bonchev–Trinajstić information content (AvgIpc) is 2.38. The van der Waals surface area contributed by atoms with E-state index in [9.17, 15) is 4.79 Å². The summed E-state index contributed by atoms with van der Waals surface area (Å²) in [5.74, 6) is 2.29. The van der Waals surface area contributed by atoms with Crippen LogP contribution in [0.4, 0.5) is 0 Å². The molecule has 0 unspecified atom stereocenters. The van der Waals surface area contributed by atoms with Gasteiger partial charge in [0.25, 0.3) is 0 Å². The first-order valence-corrected chi connectivity index (χ1v) is 5.59. The topological polar surface area (TPSA) is 38.3 Å². The molecule has 0 aromatic heterocycles. The monoisotopic (exact) mass is 231 g/mol. The summed E-state index contributed by atoms with van der Waals surface area (Å²) in [5.41, 5.74) is 1.71. The Morgan fingerprint density at radius 3 is 2.71 bits per heavy atom. The van der Waals surface area contributed by atoms with Gasteiger partial charge in [0.15, 0.2) is 0 Å². The lowest BCUT2D eigenvalue weighted by atomic mass is 10.1. The first-order valence-electron chi connectivity index (χ1n) is 5.59. The van der Waals surface area contributed by atoms with Crippen molar-refractivity contribution in [1.82, 2.24) is 5.32 Å². The van der Waals surface area contributed by atoms with Gasteiger partial charge >= 0.3 is 5.97 Å². The molecule has 3 heteroatoms. The van der Waals surface area contributed by atoms with E-state index in [-0.39, 0.29) is 5.97 Å². The summed E-state index contributed by atoms with van der Waals surface area (Å²) in [7, 11) is 1.38. The van der Waals surface area contributed by atoms with Gasteiger partial charge in [-0.25, -0.2) is 4.79 Å². The largest absolute Gasteiger partial charge is 0.465 e. The van der Waals surface area contributed by atoms with Crippen molar-refractivity contribution < 1.29 is 9.53 Å². The highest BCUT2D eigenvalue weighted by Gasteiger charge is 2.03. The number of hydrogen-bond donors (Lipinski definition) is 1. The molecular formula is C14H17NO2. The van der Waals surface area contributed by atoms with Gasteiger partial charge < -0.3 is 10.1 Å². The highest BCUT2D eigenvalue weighted by Crippen LogP contribution is 2.05. The van der Waals surface area contributed by atoms with E-state index in [0.717, 1.165) is 31.5 Å². The maximum absolute atomic E-state index is 11.2. The number of rotatable bonds is 6. The number of nitrogens with one attached hydrogen (secondary N) is 1. The second-order valence-corrected chi connectivity index (χ2v) is 3.67. The van der Waals surface area contributed by atoms with Crippen LogP contribution in [0, 0.1) is 12.3 Å². The van der Waals surface area contributed by atoms with Gasteiger partial charge in [-0.15, -0.1) is 12.3 Å². The fourth-order valence-electron chi connectivity index (χ4n) is 1.42. The number of carbonyl (C=O) groups excluding carboxylic acids is 1. The molecule has 0 amide bonds. The summed E-state index contributed by atoms with van der Waals surface area (Å²) >= 11 is 0. The van der Waals surface area contributed by atoms with Crippen molar-refractivity contribution in [3.63, 3.8) is 0 Å². The van der Waals surface area contributed by atoms with E-state index < -0.39 is 0 Å². The normalized spacial score (nSPS) is 9.65. The highest BCUT2D eigenvalue weighted by molar-refractivity contribution is 5.89. The van der Waals surface area contributed by atoms with Crippen molar-refractivity contribution in [2.45, 2.75) is 19.4 Å². The van der Waals surface area contributed by atoms with Crippen LogP contribution in [-0.4, -0.2) is 19.6 Å². The van der Waals surface area contributed by atoms with Crippen LogP contribution in [0.3, 0.4) is 0 Å². The van der Waals surface area contributed by atoms with Crippen LogP contribution in [-0.2, 0) is 11.3 Å².